The molecule has 1 atom stereocenters. The number of ether oxygens (including phenoxy) is 1. The quantitative estimate of drug-likeness (QED) is 0.825. The fourth-order valence-corrected chi connectivity index (χ4v) is 3.81. The minimum Gasteiger partial charge on any atom is -0.496 e. The first-order chi connectivity index (χ1) is 10.7. The third-order valence-electron chi connectivity index (χ3n) is 5.38. The van der Waals surface area contributed by atoms with Crippen LogP contribution in [0, 0.1) is 5.92 Å². The number of benzene rings is 1. The second-order valence-electron chi connectivity index (χ2n) is 7.08. The van der Waals surface area contributed by atoms with Crippen LogP contribution in [0.4, 0.5) is 0 Å². The van der Waals surface area contributed by atoms with Crippen molar-refractivity contribution in [2.45, 2.75) is 45.1 Å². The maximum Gasteiger partial charge on any atom is 0.123 e. The summed E-state index contributed by atoms with van der Waals surface area (Å²) in [5.41, 5.74) is 2.84. The van der Waals surface area contributed by atoms with Crippen molar-refractivity contribution in [3.05, 3.63) is 29.3 Å². The highest BCUT2D eigenvalue weighted by atomic mass is 35.5. The minimum atomic E-state index is 0. The Balaban J connectivity index is 0.00000144. The smallest absolute Gasteiger partial charge is 0.123 e. The zero-order valence-electron chi connectivity index (χ0n) is 15.1. The van der Waals surface area contributed by atoms with E-state index in [0.717, 1.165) is 37.8 Å². The molecule has 2 aliphatic rings. The van der Waals surface area contributed by atoms with Gasteiger partial charge < -0.3 is 10.1 Å². The summed E-state index contributed by atoms with van der Waals surface area (Å²) in [6, 6.07) is 7.35. The topological polar surface area (TPSA) is 24.5 Å². The molecule has 5 heteroatoms. The Hall–Kier alpha value is -0.480. The summed E-state index contributed by atoms with van der Waals surface area (Å²) >= 11 is 0. The van der Waals surface area contributed by atoms with Crippen molar-refractivity contribution in [2.75, 3.05) is 33.3 Å². The SMILES string of the molecule is COc1ccc(C(C)C)cc1[C@@H](C1CCC1)N1CCNCC1.Cl.Cl. The molecule has 0 radical (unpaired) electrons. The van der Waals surface area contributed by atoms with Crippen LogP contribution in [0.15, 0.2) is 18.2 Å². The Morgan fingerprint density at radius 1 is 1.12 bits per heavy atom. The summed E-state index contributed by atoms with van der Waals surface area (Å²) in [5.74, 6) is 2.43. The Kier molecular flexibility index (Phi) is 8.86. The molecule has 1 N–H and O–H groups in total. The molecule has 0 unspecified atom stereocenters. The number of piperazine rings is 1. The fraction of sp³-hybridized carbons (Fsp3) is 0.684. The number of halogens is 2. The van der Waals surface area contributed by atoms with Gasteiger partial charge in [0, 0.05) is 37.8 Å². The molecule has 24 heavy (non-hydrogen) atoms. The van der Waals surface area contributed by atoms with Crippen LogP contribution < -0.4 is 10.1 Å². The first kappa shape index (κ1) is 21.6. The third kappa shape index (κ3) is 4.57. The maximum absolute atomic E-state index is 5.73. The van der Waals surface area contributed by atoms with Gasteiger partial charge in [0.15, 0.2) is 0 Å². The van der Waals surface area contributed by atoms with E-state index in [2.05, 4.69) is 42.3 Å². The van der Waals surface area contributed by atoms with Crippen molar-refractivity contribution in [3.63, 3.8) is 0 Å². The van der Waals surface area contributed by atoms with Crippen LogP contribution >= 0.6 is 24.8 Å². The molecular formula is C19H32Cl2N2O. The number of nitrogens with zero attached hydrogens (tertiary/aromatic N) is 1. The zero-order valence-corrected chi connectivity index (χ0v) is 16.7. The van der Waals surface area contributed by atoms with E-state index in [1.165, 1.54) is 30.4 Å². The molecule has 1 saturated heterocycles. The number of nitrogens with one attached hydrogen (secondary N) is 1. The summed E-state index contributed by atoms with van der Waals surface area (Å²) in [6.07, 6.45) is 4.12. The van der Waals surface area contributed by atoms with E-state index < -0.39 is 0 Å². The van der Waals surface area contributed by atoms with Crippen molar-refractivity contribution >= 4 is 24.8 Å². The molecule has 2 fully saturated rings. The van der Waals surface area contributed by atoms with Crippen molar-refractivity contribution in [1.82, 2.24) is 10.2 Å². The highest BCUT2D eigenvalue weighted by Gasteiger charge is 2.35. The van der Waals surface area contributed by atoms with E-state index in [1.54, 1.807) is 0 Å². The lowest BCUT2D eigenvalue weighted by Crippen LogP contribution is -2.48. The lowest BCUT2D eigenvalue weighted by molar-refractivity contribution is 0.0818. The number of methoxy groups -OCH3 is 1. The Labute approximate surface area is 159 Å². The molecule has 0 aromatic heterocycles. The van der Waals surface area contributed by atoms with Gasteiger partial charge in [-0.1, -0.05) is 32.4 Å². The molecule has 3 nitrogen and oxygen atoms in total. The van der Waals surface area contributed by atoms with E-state index in [9.17, 15) is 0 Å². The predicted octanol–water partition coefficient (Wildman–Crippen LogP) is 4.41. The van der Waals surface area contributed by atoms with E-state index in [-0.39, 0.29) is 24.8 Å². The molecule has 138 valence electrons. The predicted molar refractivity (Wildman–Crippen MR) is 106 cm³/mol. The lowest BCUT2D eigenvalue weighted by Gasteiger charge is -2.43. The molecule has 0 bridgehead atoms. The standard InChI is InChI=1S/C19H30N2O.2ClH/c1-14(2)16-7-8-18(22-3)17(13-16)19(15-5-4-6-15)21-11-9-20-10-12-21;;/h7-8,13-15,19-20H,4-6,9-12H2,1-3H3;2*1H/t19-;;/m1../s1. The van der Waals surface area contributed by atoms with Crippen LogP contribution in [0.2, 0.25) is 0 Å². The maximum atomic E-state index is 5.73. The zero-order chi connectivity index (χ0) is 15.5. The van der Waals surface area contributed by atoms with Crippen LogP contribution in [0.3, 0.4) is 0 Å². The largest absolute Gasteiger partial charge is 0.496 e. The van der Waals surface area contributed by atoms with Crippen molar-refractivity contribution in [3.8, 4) is 5.75 Å². The van der Waals surface area contributed by atoms with Crippen molar-refractivity contribution < 1.29 is 4.74 Å². The van der Waals surface area contributed by atoms with Gasteiger partial charge in [0.25, 0.3) is 0 Å². The van der Waals surface area contributed by atoms with Gasteiger partial charge in [-0.15, -0.1) is 24.8 Å². The van der Waals surface area contributed by atoms with Gasteiger partial charge in [-0.2, -0.15) is 0 Å². The molecule has 1 aromatic rings. The summed E-state index contributed by atoms with van der Waals surface area (Å²) in [6.45, 7) is 9.06. The Morgan fingerprint density at radius 3 is 2.29 bits per heavy atom. The second kappa shape index (κ2) is 9.86. The van der Waals surface area contributed by atoms with Gasteiger partial charge in [-0.3, -0.25) is 4.90 Å². The fourth-order valence-electron chi connectivity index (χ4n) is 3.81. The van der Waals surface area contributed by atoms with E-state index in [1.807, 2.05) is 7.11 Å². The van der Waals surface area contributed by atoms with Crippen molar-refractivity contribution in [2.24, 2.45) is 5.92 Å². The van der Waals surface area contributed by atoms with Gasteiger partial charge in [0.1, 0.15) is 5.75 Å². The van der Waals surface area contributed by atoms with E-state index in [0.29, 0.717) is 12.0 Å². The van der Waals surface area contributed by atoms with E-state index in [4.69, 9.17) is 4.74 Å². The number of hydrogen-bond acceptors (Lipinski definition) is 3. The Bertz CT molecular complexity index is 500. The van der Waals surface area contributed by atoms with Gasteiger partial charge >= 0.3 is 0 Å². The third-order valence-corrected chi connectivity index (χ3v) is 5.38. The van der Waals surface area contributed by atoms with Crippen LogP contribution in [0.25, 0.3) is 0 Å². The normalized spacial score (nSPS) is 19.8. The van der Waals surface area contributed by atoms with Gasteiger partial charge in [-0.25, -0.2) is 0 Å². The molecule has 3 rings (SSSR count). The highest BCUT2D eigenvalue weighted by Crippen LogP contribution is 2.44. The summed E-state index contributed by atoms with van der Waals surface area (Å²) in [5, 5.41) is 3.48. The highest BCUT2D eigenvalue weighted by molar-refractivity contribution is 5.85. The molecular weight excluding hydrogens is 343 g/mol. The first-order valence-electron chi connectivity index (χ1n) is 8.83. The second-order valence-corrected chi connectivity index (χ2v) is 7.08. The first-order valence-corrected chi connectivity index (χ1v) is 8.83. The van der Waals surface area contributed by atoms with Gasteiger partial charge in [-0.05, 0) is 36.3 Å². The molecule has 0 amide bonds. The molecule has 0 spiro atoms. The summed E-state index contributed by atoms with van der Waals surface area (Å²) < 4.78 is 5.73. The Morgan fingerprint density at radius 2 is 1.79 bits per heavy atom. The summed E-state index contributed by atoms with van der Waals surface area (Å²) in [4.78, 5) is 2.68. The molecule has 1 aliphatic carbocycles. The number of hydrogen-bond donors (Lipinski definition) is 1. The summed E-state index contributed by atoms with van der Waals surface area (Å²) in [7, 11) is 1.81. The van der Waals surface area contributed by atoms with Gasteiger partial charge in [0.05, 0.1) is 7.11 Å². The average molecular weight is 375 g/mol. The van der Waals surface area contributed by atoms with Crippen LogP contribution in [-0.4, -0.2) is 38.2 Å². The molecule has 1 saturated carbocycles. The van der Waals surface area contributed by atoms with Crippen LogP contribution in [-0.2, 0) is 0 Å². The van der Waals surface area contributed by atoms with Gasteiger partial charge in [0.2, 0.25) is 0 Å². The van der Waals surface area contributed by atoms with Crippen LogP contribution in [0.5, 0.6) is 5.75 Å². The van der Waals surface area contributed by atoms with Crippen molar-refractivity contribution in [1.29, 1.82) is 0 Å². The minimum absolute atomic E-state index is 0. The molecule has 1 heterocycles. The molecule has 1 aliphatic heterocycles. The number of rotatable bonds is 5. The average Bonchev–Trinajstić information content (AvgIpc) is 2.51. The monoisotopic (exact) mass is 374 g/mol. The van der Waals surface area contributed by atoms with Crippen LogP contribution in [0.1, 0.15) is 56.2 Å². The molecule has 1 aromatic carbocycles. The van der Waals surface area contributed by atoms with E-state index >= 15 is 0 Å². The lowest BCUT2D eigenvalue weighted by atomic mass is 9.75.